The summed E-state index contributed by atoms with van der Waals surface area (Å²) in [6.07, 6.45) is 3.66. The van der Waals surface area contributed by atoms with Crippen molar-refractivity contribution in [1.29, 1.82) is 0 Å². The van der Waals surface area contributed by atoms with E-state index in [4.69, 9.17) is 0 Å². The standard InChI is InChI=1S/C30H48/c1-19-23(15-21(27(3,4)5)17-25(19)29(9,10)11)24-16-22(28(6,7)8)18-26(20(24)2)30(12,13)14/h15,17-18,24H,16H2,1-14H3. The van der Waals surface area contributed by atoms with Crippen LogP contribution in [0.15, 0.2) is 34.9 Å². The lowest BCUT2D eigenvalue weighted by atomic mass is 9.66. The minimum absolute atomic E-state index is 0.141. The van der Waals surface area contributed by atoms with Crippen LogP contribution in [0.25, 0.3) is 0 Å². The minimum Gasteiger partial charge on any atom is -0.0636 e. The van der Waals surface area contributed by atoms with Gasteiger partial charge in [-0.3, -0.25) is 0 Å². The molecule has 1 aliphatic rings. The molecule has 0 spiro atoms. The Kier molecular flexibility index (Phi) is 6.39. The van der Waals surface area contributed by atoms with E-state index in [1.807, 2.05) is 0 Å². The fourth-order valence-electron chi connectivity index (χ4n) is 4.89. The highest BCUT2D eigenvalue weighted by Gasteiger charge is 2.34. The Bertz CT molecular complexity index is 859. The number of hydrogen-bond acceptors (Lipinski definition) is 0. The van der Waals surface area contributed by atoms with Crippen molar-refractivity contribution in [3.63, 3.8) is 0 Å². The summed E-state index contributed by atoms with van der Waals surface area (Å²) in [7, 11) is 0. The summed E-state index contributed by atoms with van der Waals surface area (Å²) in [5, 5.41) is 0. The molecule has 0 fully saturated rings. The quantitative estimate of drug-likeness (QED) is 0.434. The molecule has 0 N–H and O–H groups in total. The summed E-state index contributed by atoms with van der Waals surface area (Å²) in [6, 6.07) is 5.01. The summed E-state index contributed by atoms with van der Waals surface area (Å²) in [5.74, 6) is 0.460. The zero-order valence-electron chi connectivity index (χ0n) is 22.5. The van der Waals surface area contributed by atoms with Crippen LogP contribution in [0.3, 0.4) is 0 Å². The van der Waals surface area contributed by atoms with Gasteiger partial charge in [-0.25, -0.2) is 0 Å². The van der Waals surface area contributed by atoms with Crippen molar-refractivity contribution in [3.8, 4) is 0 Å². The van der Waals surface area contributed by atoms with Gasteiger partial charge < -0.3 is 0 Å². The van der Waals surface area contributed by atoms with Crippen LogP contribution in [0.2, 0.25) is 0 Å². The summed E-state index contributed by atoms with van der Waals surface area (Å²) in [4.78, 5) is 0. The minimum atomic E-state index is 0.141. The predicted molar refractivity (Wildman–Crippen MR) is 136 cm³/mol. The first-order valence-electron chi connectivity index (χ1n) is 11.8. The highest BCUT2D eigenvalue weighted by Crippen LogP contribution is 2.49. The maximum atomic E-state index is 2.53. The molecule has 1 aliphatic carbocycles. The molecule has 1 aromatic rings. The third kappa shape index (κ3) is 5.12. The molecule has 0 saturated heterocycles. The van der Waals surface area contributed by atoms with Gasteiger partial charge >= 0.3 is 0 Å². The smallest absolute Gasteiger partial charge is 0.00917 e. The zero-order valence-corrected chi connectivity index (χ0v) is 22.5. The fraction of sp³-hybridized carbons (Fsp3) is 0.667. The molecular formula is C30H48. The lowest BCUT2D eigenvalue weighted by Gasteiger charge is -2.39. The van der Waals surface area contributed by atoms with Gasteiger partial charge in [0.05, 0.1) is 0 Å². The maximum absolute atomic E-state index is 2.53. The molecule has 0 amide bonds. The van der Waals surface area contributed by atoms with Gasteiger partial charge in [0.25, 0.3) is 0 Å². The topological polar surface area (TPSA) is 0 Å². The second-order valence-electron chi connectivity index (χ2n) is 13.8. The molecular weight excluding hydrogens is 360 g/mol. The molecule has 1 unspecified atom stereocenters. The van der Waals surface area contributed by atoms with Crippen LogP contribution < -0.4 is 0 Å². The predicted octanol–water partition coefficient (Wildman–Crippen LogP) is 9.41. The molecule has 0 heterocycles. The van der Waals surface area contributed by atoms with E-state index < -0.39 is 0 Å². The number of benzene rings is 1. The summed E-state index contributed by atoms with van der Waals surface area (Å²) in [6.45, 7) is 33.1. The van der Waals surface area contributed by atoms with Crippen molar-refractivity contribution < 1.29 is 0 Å². The Morgan fingerprint density at radius 2 is 1.20 bits per heavy atom. The van der Waals surface area contributed by atoms with E-state index in [1.54, 1.807) is 16.7 Å². The van der Waals surface area contributed by atoms with Crippen LogP contribution in [-0.4, -0.2) is 0 Å². The molecule has 168 valence electrons. The zero-order chi connectivity index (χ0) is 23.4. The average Bonchev–Trinajstić information content (AvgIpc) is 2.51. The van der Waals surface area contributed by atoms with E-state index in [0.29, 0.717) is 5.92 Å². The largest absolute Gasteiger partial charge is 0.0636 e. The molecule has 0 aromatic heterocycles. The molecule has 0 radical (unpaired) electrons. The van der Waals surface area contributed by atoms with Gasteiger partial charge in [-0.2, -0.15) is 0 Å². The maximum Gasteiger partial charge on any atom is 0.00917 e. The Labute approximate surface area is 188 Å². The average molecular weight is 409 g/mol. The van der Waals surface area contributed by atoms with Crippen molar-refractivity contribution in [2.75, 3.05) is 0 Å². The summed E-state index contributed by atoms with van der Waals surface area (Å²) >= 11 is 0. The second-order valence-corrected chi connectivity index (χ2v) is 13.8. The van der Waals surface area contributed by atoms with Gasteiger partial charge in [-0.15, -0.1) is 0 Å². The third-order valence-electron chi connectivity index (χ3n) is 6.96. The second kappa shape index (κ2) is 7.68. The first kappa shape index (κ1) is 25.0. The van der Waals surface area contributed by atoms with Crippen molar-refractivity contribution in [1.82, 2.24) is 0 Å². The van der Waals surface area contributed by atoms with Crippen molar-refractivity contribution in [2.24, 2.45) is 10.8 Å². The lowest BCUT2D eigenvalue weighted by molar-refractivity contribution is 0.446. The van der Waals surface area contributed by atoms with Crippen molar-refractivity contribution in [2.45, 2.75) is 120 Å². The summed E-state index contributed by atoms with van der Waals surface area (Å²) in [5.41, 5.74) is 11.3. The first-order valence-corrected chi connectivity index (χ1v) is 11.8. The van der Waals surface area contributed by atoms with Gasteiger partial charge in [0.2, 0.25) is 0 Å². The van der Waals surface area contributed by atoms with Gasteiger partial charge in [0.1, 0.15) is 0 Å². The van der Waals surface area contributed by atoms with Crippen LogP contribution in [0.4, 0.5) is 0 Å². The number of rotatable bonds is 1. The van der Waals surface area contributed by atoms with Gasteiger partial charge in [-0.1, -0.05) is 112 Å². The molecule has 0 saturated carbocycles. The van der Waals surface area contributed by atoms with E-state index in [0.717, 1.165) is 6.42 Å². The summed E-state index contributed by atoms with van der Waals surface area (Å²) < 4.78 is 0. The Hall–Kier alpha value is -1.30. The monoisotopic (exact) mass is 408 g/mol. The molecule has 1 atom stereocenters. The molecule has 0 bridgehead atoms. The van der Waals surface area contributed by atoms with Crippen LogP contribution in [0, 0.1) is 17.8 Å². The van der Waals surface area contributed by atoms with E-state index in [-0.39, 0.29) is 21.7 Å². The molecule has 1 aromatic carbocycles. The first-order chi connectivity index (χ1) is 13.2. The van der Waals surface area contributed by atoms with Crippen LogP contribution in [-0.2, 0) is 10.8 Å². The SMILES string of the molecule is CC1=C(C(C)(C)C)C=C(C(C)(C)C)CC1c1cc(C(C)(C)C)cc(C(C)(C)C)c1C. The fourth-order valence-corrected chi connectivity index (χ4v) is 4.89. The van der Waals surface area contributed by atoms with E-state index >= 15 is 0 Å². The van der Waals surface area contributed by atoms with E-state index in [2.05, 4.69) is 115 Å². The van der Waals surface area contributed by atoms with Gasteiger partial charge in [0.15, 0.2) is 0 Å². The highest BCUT2D eigenvalue weighted by atomic mass is 14.4. The van der Waals surface area contributed by atoms with Crippen LogP contribution >= 0.6 is 0 Å². The van der Waals surface area contributed by atoms with Crippen LogP contribution in [0.5, 0.6) is 0 Å². The van der Waals surface area contributed by atoms with Gasteiger partial charge in [0, 0.05) is 5.92 Å². The Morgan fingerprint density at radius 1 is 0.667 bits per heavy atom. The number of allylic oxidation sites excluding steroid dienone is 4. The number of hydrogen-bond donors (Lipinski definition) is 0. The molecule has 2 rings (SSSR count). The molecule has 0 nitrogen and oxygen atoms in total. The van der Waals surface area contributed by atoms with Gasteiger partial charge in [-0.05, 0) is 69.8 Å². The van der Waals surface area contributed by atoms with E-state index in [1.165, 1.54) is 22.3 Å². The molecule has 30 heavy (non-hydrogen) atoms. The molecule has 0 heteroatoms. The van der Waals surface area contributed by atoms with Crippen molar-refractivity contribution in [3.05, 3.63) is 57.2 Å². The van der Waals surface area contributed by atoms with Crippen molar-refractivity contribution >= 4 is 0 Å². The third-order valence-corrected chi connectivity index (χ3v) is 6.96. The molecule has 0 aliphatic heterocycles. The Balaban J connectivity index is 2.85. The lowest BCUT2D eigenvalue weighted by Crippen LogP contribution is -2.25. The Morgan fingerprint density at radius 3 is 1.60 bits per heavy atom. The van der Waals surface area contributed by atoms with E-state index in [9.17, 15) is 0 Å². The normalized spacial score (nSPS) is 19.3. The highest BCUT2D eigenvalue weighted by molar-refractivity contribution is 5.52. The van der Waals surface area contributed by atoms with Crippen LogP contribution in [0.1, 0.15) is 125 Å².